The van der Waals surface area contributed by atoms with Gasteiger partial charge >= 0.3 is 0 Å². The third-order valence-corrected chi connectivity index (χ3v) is 4.87. The normalized spacial score (nSPS) is 13.3. The zero-order valence-electron chi connectivity index (χ0n) is 17.0. The van der Waals surface area contributed by atoms with Crippen molar-refractivity contribution in [2.45, 2.75) is 13.0 Å². The van der Waals surface area contributed by atoms with Crippen molar-refractivity contribution in [2.75, 3.05) is 39.0 Å². The van der Waals surface area contributed by atoms with Gasteiger partial charge in [-0.1, -0.05) is 6.07 Å². The van der Waals surface area contributed by atoms with Crippen molar-refractivity contribution in [3.8, 4) is 22.8 Å². The summed E-state index contributed by atoms with van der Waals surface area (Å²) in [5.74, 6) is -0.281. The number of fused-ring (bicyclic) bond motifs is 1. The molecule has 0 fully saturated rings. The Balaban J connectivity index is 1.64. The molecule has 4 rings (SSSR count). The van der Waals surface area contributed by atoms with Gasteiger partial charge in [-0.05, 0) is 51.3 Å². The molecule has 1 aromatic carbocycles. The number of hydrogen-bond donors (Lipinski definition) is 2. The summed E-state index contributed by atoms with van der Waals surface area (Å²) in [4.78, 5) is 23.0. The molecule has 0 radical (unpaired) electrons. The van der Waals surface area contributed by atoms with E-state index in [1.807, 2.05) is 20.2 Å². The van der Waals surface area contributed by atoms with Gasteiger partial charge in [0.15, 0.2) is 5.82 Å². The maximum atomic E-state index is 14.7. The Labute approximate surface area is 174 Å². The lowest BCUT2D eigenvalue weighted by Gasteiger charge is -2.14. The maximum absolute atomic E-state index is 14.7. The number of carbonyl (C=O) groups excluding carboxylic acids is 1. The van der Waals surface area contributed by atoms with Crippen molar-refractivity contribution in [3.63, 3.8) is 0 Å². The molecular formula is C21H24FN7O. The fourth-order valence-corrected chi connectivity index (χ4v) is 3.40. The van der Waals surface area contributed by atoms with Gasteiger partial charge in [0, 0.05) is 25.0 Å². The van der Waals surface area contributed by atoms with Gasteiger partial charge in [-0.15, -0.1) is 0 Å². The van der Waals surface area contributed by atoms with Gasteiger partial charge in [-0.3, -0.25) is 9.48 Å². The Bertz CT molecular complexity index is 1060. The number of nitrogens with one attached hydrogen (secondary N) is 2. The second-order valence-electron chi connectivity index (χ2n) is 7.41. The van der Waals surface area contributed by atoms with Crippen LogP contribution in [-0.2, 0) is 6.54 Å². The second-order valence-corrected chi connectivity index (χ2v) is 7.41. The molecule has 1 amide bonds. The molecule has 30 heavy (non-hydrogen) atoms. The van der Waals surface area contributed by atoms with Gasteiger partial charge in [-0.25, -0.2) is 14.4 Å². The third kappa shape index (κ3) is 4.16. The fourth-order valence-electron chi connectivity index (χ4n) is 3.40. The largest absolute Gasteiger partial charge is 0.384 e. The van der Waals surface area contributed by atoms with Crippen LogP contribution in [0.3, 0.4) is 0 Å². The average Bonchev–Trinajstić information content (AvgIpc) is 3.17. The first kappa shape index (κ1) is 20.0. The van der Waals surface area contributed by atoms with Crippen LogP contribution in [-0.4, -0.2) is 64.3 Å². The number of carbonyl (C=O) groups is 1. The average molecular weight is 409 g/mol. The first-order valence-electron chi connectivity index (χ1n) is 9.90. The molecule has 0 atom stereocenters. The van der Waals surface area contributed by atoms with E-state index in [4.69, 9.17) is 0 Å². The minimum Gasteiger partial charge on any atom is -0.384 e. The Kier molecular flexibility index (Phi) is 5.71. The quantitative estimate of drug-likeness (QED) is 0.582. The molecule has 0 aliphatic carbocycles. The molecular weight excluding hydrogens is 385 g/mol. The Morgan fingerprint density at radius 1 is 1.27 bits per heavy atom. The molecule has 0 bridgehead atoms. The molecule has 156 valence electrons. The van der Waals surface area contributed by atoms with Gasteiger partial charge in [-0.2, -0.15) is 5.10 Å². The molecule has 3 heterocycles. The molecule has 0 saturated heterocycles. The zero-order valence-corrected chi connectivity index (χ0v) is 17.0. The van der Waals surface area contributed by atoms with Crippen LogP contribution in [0.4, 0.5) is 10.1 Å². The van der Waals surface area contributed by atoms with E-state index >= 15 is 0 Å². The van der Waals surface area contributed by atoms with Crippen molar-refractivity contribution < 1.29 is 9.18 Å². The lowest BCUT2D eigenvalue weighted by Crippen LogP contribution is -2.35. The van der Waals surface area contributed by atoms with Crippen LogP contribution in [0.25, 0.3) is 22.8 Å². The van der Waals surface area contributed by atoms with Crippen LogP contribution in [0.15, 0.2) is 36.5 Å². The molecule has 1 aliphatic rings. The SMILES string of the molecule is CN(C)CCCNc1cccc(F)c1-c1nccc(-c2cc3n(n2)CCNC3=O)n1. The van der Waals surface area contributed by atoms with Gasteiger partial charge < -0.3 is 15.5 Å². The highest BCUT2D eigenvalue weighted by Gasteiger charge is 2.21. The number of amides is 1. The molecule has 1 aliphatic heterocycles. The van der Waals surface area contributed by atoms with E-state index < -0.39 is 5.82 Å². The summed E-state index contributed by atoms with van der Waals surface area (Å²) in [6.07, 6.45) is 2.50. The van der Waals surface area contributed by atoms with Crippen molar-refractivity contribution in [2.24, 2.45) is 0 Å². The summed E-state index contributed by atoms with van der Waals surface area (Å²) in [7, 11) is 4.04. The summed E-state index contributed by atoms with van der Waals surface area (Å²) < 4.78 is 16.4. The number of anilines is 1. The summed E-state index contributed by atoms with van der Waals surface area (Å²) in [5.41, 5.74) is 2.56. The third-order valence-electron chi connectivity index (χ3n) is 4.87. The van der Waals surface area contributed by atoms with Crippen LogP contribution in [0.5, 0.6) is 0 Å². The van der Waals surface area contributed by atoms with E-state index in [-0.39, 0.29) is 11.7 Å². The topological polar surface area (TPSA) is 88.0 Å². The Hall–Kier alpha value is -3.33. The van der Waals surface area contributed by atoms with Crippen molar-refractivity contribution in [1.29, 1.82) is 0 Å². The summed E-state index contributed by atoms with van der Waals surface area (Å²) in [6.45, 7) is 2.78. The Morgan fingerprint density at radius 2 is 2.13 bits per heavy atom. The van der Waals surface area contributed by atoms with Gasteiger partial charge in [0.1, 0.15) is 17.2 Å². The number of halogens is 1. The van der Waals surface area contributed by atoms with Crippen LogP contribution < -0.4 is 10.6 Å². The van der Waals surface area contributed by atoms with E-state index in [0.29, 0.717) is 48.0 Å². The maximum Gasteiger partial charge on any atom is 0.269 e. The van der Waals surface area contributed by atoms with Crippen molar-refractivity contribution >= 4 is 11.6 Å². The van der Waals surface area contributed by atoms with E-state index in [2.05, 4.69) is 30.6 Å². The number of rotatable bonds is 7. The van der Waals surface area contributed by atoms with Crippen LogP contribution >= 0.6 is 0 Å². The molecule has 8 nitrogen and oxygen atoms in total. The zero-order chi connectivity index (χ0) is 21.1. The molecule has 9 heteroatoms. The minimum atomic E-state index is -0.395. The van der Waals surface area contributed by atoms with E-state index in [1.54, 1.807) is 29.1 Å². The highest BCUT2D eigenvalue weighted by molar-refractivity contribution is 5.94. The van der Waals surface area contributed by atoms with Gasteiger partial charge in [0.25, 0.3) is 5.91 Å². The second kappa shape index (κ2) is 8.58. The number of hydrogen-bond acceptors (Lipinski definition) is 6. The van der Waals surface area contributed by atoms with Crippen LogP contribution in [0, 0.1) is 5.82 Å². The lowest BCUT2D eigenvalue weighted by molar-refractivity contribution is 0.0924. The first-order valence-corrected chi connectivity index (χ1v) is 9.90. The van der Waals surface area contributed by atoms with E-state index in [9.17, 15) is 9.18 Å². The van der Waals surface area contributed by atoms with Gasteiger partial charge in [0.05, 0.1) is 17.8 Å². The minimum absolute atomic E-state index is 0.160. The smallest absolute Gasteiger partial charge is 0.269 e. The summed E-state index contributed by atoms with van der Waals surface area (Å²) >= 11 is 0. The number of benzene rings is 1. The van der Waals surface area contributed by atoms with E-state index in [1.165, 1.54) is 6.07 Å². The van der Waals surface area contributed by atoms with Crippen molar-refractivity contribution in [1.82, 2.24) is 30.0 Å². The number of nitrogens with zero attached hydrogens (tertiary/aromatic N) is 5. The molecule has 2 aromatic heterocycles. The first-order chi connectivity index (χ1) is 14.5. The summed E-state index contributed by atoms with van der Waals surface area (Å²) in [5, 5.41) is 10.6. The monoisotopic (exact) mass is 409 g/mol. The predicted octanol–water partition coefficient (Wildman–Crippen LogP) is 2.25. The highest BCUT2D eigenvalue weighted by atomic mass is 19.1. The van der Waals surface area contributed by atoms with E-state index in [0.717, 1.165) is 13.0 Å². The fraction of sp³-hybridized carbons (Fsp3) is 0.333. The van der Waals surface area contributed by atoms with Crippen LogP contribution in [0.2, 0.25) is 0 Å². The molecule has 2 N–H and O–H groups in total. The van der Waals surface area contributed by atoms with Crippen molar-refractivity contribution in [3.05, 3.63) is 48.0 Å². The number of aromatic nitrogens is 4. The summed E-state index contributed by atoms with van der Waals surface area (Å²) in [6, 6.07) is 8.29. The predicted molar refractivity (Wildman–Crippen MR) is 113 cm³/mol. The molecule has 0 unspecified atom stereocenters. The van der Waals surface area contributed by atoms with Gasteiger partial charge in [0.2, 0.25) is 0 Å². The highest BCUT2D eigenvalue weighted by Crippen LogP contribution is 2.29. The molecule has 3 aromatic rings. The standard InChI is InChI=1S/C21H24FN7O/c1-28(2)11-4-8-23-16-6-3-5-14(22)19(16)20-24-9-7-15(26-20)17-13-18-21(30)25-10-12-29(18)27-17/h3,5-7,9,13,23H,4,8,10-12H2,1-2H3,(H,25,30). The Morgan fingerprint density at radius 3 is 2.93 bits per heavy atom. The lowest BCUT2D eigenvalue weighted by atomic mass is 10.1. The molecule has 0 spiro atoms. The molecule has 0 saturated carbocycles. The van der Waals surface area contributed by atoms with Crippen LogP contribution in [0.1, 0.15) is 16.9 Å².